The number of hydrogen-bond donors (Lipinski definition) is 0. The molecule has 1 saturated heterocycles. The van der Waals surface area contributed by atoms with Gasteiger partial charge in [0.05, 0.1) is 13.2 Å². The van der Waals surface area contributed by atoms with E-state index in [-0.39, 0.29) is 12.1 Å². The van der Waals surface area contributed by atoms with Gasteiger partial charge in [-0.3, -0.25) is 0 Å². The molecule has 0 saturated carbocycles. The molecule has 0 aromatic heterocycles. The maximum absolute atomic E-state index is 11.2. The van der Waals surface area contributed by atoms with Crippen LogP contribution in [-0.4, -0.2) is 31.1 Å². The Morgan fingerprint density at radius 3 is 2.54 bits per heavy atom. The summed E-state index contributed by atoms with van der Waals surface area (Å²) in [5.74, 6) is -1.04. The molecule has 0 aromatic carbocycles. The molecule has 1 heterocycles. The predicted molar refractivity (Wildman–Crippen MR) is 46.1 cm³/mol. The van der Waals surface area contributed by atoms with Gasteiger partial charge < -0.3 is 14.2 Å². The van der Waals surface area contributed by atoms with E-state index in [0.717, 1.165) is 6.42 Å². The molecule has 0 radical (unpaired) electrons. The van der Waals surface area contributed by atoms with E-state index in [2.05, 4.69) is 4.74 Å². The summed E-state index contributed by atoms with van der Waals surface area (Å²) < 4.78 is 15.5. The van der Waals surface area contributed by atoms with Crippen LogP contribution in [0.2, 0.25) is 0 Å². The zero-order valence-electron chi connectivity index (χ0n) is 8.49. The summed E-state index contributed by atoms with van der Waals surface area (Å²) in [5.41, 5.74) is 0. The molecule has 0 aromatic rings. The Morgan fingerprint density at radius 2 is 2.08 bits per heavy atom. The molecule has 2 atom stereocenters. The molecular weight excluding hydrogens is 172 g/mol. The summed E-state index contributed by atoms with van der Waals surface area (Å²) in [7, 11) is 1.35. The number of carbonyl (C=O) groups is 1. The molecule has 0 N–H and O–H groups in total. The lowest BCUT2D eigenvalue weighted by molar-refractivity contribution is -0.168. The van der Waals surface area contributed by atoms with E-state index in [4.69, 9.17) is 9.47 Å². The Hall–Kier alpha value is -0.610. The van der Waals surface area contributed by atoms with Gasteiger partial charge in [-0.05, 0) is 20.3 Å². The standard InChI is InChI=1S/C9H16O4/c1-5-6-7(8(10)11-4)13-9(2,3)12-6/h6-7H,5H2,1-4H3/t6-,7+/m1/s1. The van der Waals surface area contributed by atoms with Crippen molar-refractivity contribution in [3.8, 4) is 0 Å². The number of ether oxygens (including phenoxy) is 3. The van der Waals surface area contributed by atoms with E-state index < -0.39 is 11.9 Å². The SMILES string of the molecule is CC[C@H]1OC(C)(C)O[C@@H]1C(=O)OC. The highest BCUT2D eigenvalue weighted by Crippen LogP contribution is 2.30. The van der Waals surface area contributed by atoms with Crippen LogP contribution >= 0.6 is 0 Å². The average Bonchev–Trinajstić information content (AvgIpc) is 2.39. The van der Waals surface area contributed by atoms with Crippen molar-refractivity contribution in [1.82, 2.24) is 0 Å². The topological polar surface area (TPSA) is 44.8 Å². The summed E-state index contributed by atoms with van der Waals surface area (Å²) >= 11 is 0. The highest BCUT2D eigenvalue weighted by atomic mass is 16.8. The van der Waals surface area contributed by atoms with E-state index in [1.54, 1.807) is 13.8 Å². The summed E-state index contributed by atoms with van der Waals surface area (Å²) in [6.07, 6.45) is -0.0316. The molecule has 1 rings (SSSR count). The van der Waals surface area contributed by atoms with Crippen molar-refractivity contribution in [3.05, 3.63) is 0 Å². The Labute approximate surface area is 78.2 Å². The van der Waals surface area contributed by atoms with Crippen molar-refractivity contribution in [3.63, 3.8) is 0 Å². The number of carbonyl (C=O) groups excluding carboxylic acids is 1. The molecule has 4 nitrogen and oxygen atoms in total. The van der Waals surface area contributed by atoms with Crippen molar-refractivity contribution in [2.75, 3.05) is 7.11 Å². The summed E-state index contributed by atoms with van der Waals surface area (Å²) in [6.45, 7) is 5.53. The molecular formula is C9H16O4. The molecule has 13 heavy (non-hydrogen) atoms. The first-order valence-electron chi connectivity index (χ1n) is 4.43. The number of rotatable bonds is 2. The zero-order valence-corrected chi connectivity index (χ0v) is 8.49. The normalized spacial score (nSPS) is 31.7. The molecule has 0 spiro atoms. The fourth-order valence-corrected chi connectivity index (χ4v) is 1.45. The second-order valence-corrected chi connectivity index (χ2v) is 3.53. The first-order chi connectivity index (χ1) is 6.00. The minimum Gasteiger partial charge on any atom is -0.467 e. The molecule has 4 heteroatoms. The minimum absolute atomic E-state index is 0.192. The lowest BCUT2D eigenvalue weighted by Gasteiger charge is -2.16. The van der Waals surface area contributed by atoms with Gasteiger partial charge in [-0.2, -0.15) is 0 Å². The van der Waals surface area contributed by atoms with E-state index in [1.165, 1.54) is 7.11 Å². The van der Waals surface area contributed by atoms with Gasteiger partial charge in [0.2, 0.25) is 0 Å². The summed E-state index contributed by atoms with van der Waals surface area (Å²) in [5, 5.41) is 0. The van der Waals surface area contributed by atoms with Crippen LogP contribution in [0.4, 0.5) is 0 Å². The highest BCUT2D eigenvalue weighted by molar-refractivity contribution is 5.75. The largest absolute Gasteiger partial charge is 0.467 e. The first kappa shape index (κ1) is 10.5. The van der Waals surface area contributed by atoms with Crippen LogP contribution in [0.25, 0.3) is 0 Å². The monoisotopic (exact) mass is 188 g/mol. The summed E-state index contributed by atoms with van der Waals surface area (Å²) in [6, 6.07) is 0. The van der Waals surface area contributed by atoms with E-state index in [9.17, 15) is 4.79 Å². The maximum atomic E-state index is 11.2. The molecule has 0 bridgehead atoms. The quantitative estimate of drug-likeness (QED) is 0.608. The lowest BCUT2D eigenvalue weighted by atomic mass is 10.1. The minimum atomic E-state index is -0.681. The Bertz CT molecular complexity index is 200. The van der Waals surface area contributed by atoms with E-state index in [1.807, 2.05) is 6.92 Å². The molecule has 1 fully saturated rings. The highest BCUT2D eigenvalue weighted by Gasteiger charge is 2.44. The van der Waals surface area contributed by atoms with Crippen LogP contribution in [0.3, 0.4) is 0 Å². The van der Waals surface area contributed by atoms with Crippen molar-refractivity contribution in [2.24, 2.45) is 0 Å². The van der Waals surface area contributed by atoms with Crippen molar-refractivity contribution >= 4 is 5.97 Å². The van der Waals surface area contributed by atoms with Crippen LogP contribution in [-0.2, 0) is 19.0 Å². The average molecular weight is 188 g/mol. The van der Waals surface area contributed by atoms with E-state index >= 15 is 0 Å². The third-order valence-electron chi connectivity index (χ3n) is 2.02. The second-order valence-electron chi connectivity index (χ2n) is 3.53. The Kier molecular flexibility index (Phi) is 2.93. The lowest BCUT2D eigenvalue weighted by Crippen LogP contribution is -2.32. The van der Waals surface area contributed by atoms with Gasteiger partial charge in [-0.15, -0.1) is 0 Å². The van der Waals surface area contributed by atoms with Crippen molar-refractivity contribution in [1.29, 1.82) is 0 Å². The maximum Gasteiger partial charge on any atom is 0.337 e. The fraction of sp³-hybridized carbons (Fsp3) is 0.889. The molecule has 1 aliphatic rings. The predicted octanol–water partition coefficient (Wildman–Crippen LogP) is 1.09. The van der Waals surface area contributed by atoms with Crippen molar-refractivity contribution in [2.45, 2.75) is 45.2 Å². The summed E-state index contributed by atoms with van der Waals surface area (Å²) in [4.78, 5) is 11.2. The van der Waals surface area contributed by atoms with Gasteiger partial charge in [0.15, 0.2) is 11.9 Å². The van der Waals surface area contributed by atoms with E-state index in [0.29, 0.717) is 0 Å². The fourth-order valence-electron chi connectivity index (χ4n) is 1.45. The molecule has 0 unspecified atom stereocenters. The second kappa shape index (κ2) is 3.64. The van der Waals surface area contributed by atoms with Crippen LogP contribution in [0.15, 0.2) is 0 Å². The van der Waals surface area contributed by atoms with Crippen molar-refractivity contribution < 1.29 is 19.0 Å². The van der Waals surface area contributed by atoms with Gasteiger partial charge in [0.25, 0.3) is 0 Å². The third-order valence-corrected chi connectivity index (χ3v) is 2.02. The molecule has 1 aliphatic heterocycles. The van der Waals surface area contributed by atoms with Crippen LogP contribution in [0, 0.1) is 0 Å². The first-order valence-corrected chi connectivity index (χ1v) is 4.43. The van der Waals surface area contributed by atoms with Gasteiger partial charge in [-0.25, -0.2) is 4.79 Å². The van der Waals surface area contributed by atoms with Crippen LogP contribution in [0.1, 0.15) is 27.2 Å². The molecule has 0 aliphatic carbocycles. The number of methoxy groups -OCH3 is 1. The van der Waals surface area contributed by atoms with Crippen LogP contribution in [0.5, 0.6) is 0 Å². The van der Waals surface area contributed by atoms with Gasteiger partial charge in [-0.1, -0.05) is 6.92 Å². The number of hydrogen-bond acceptors (Lipinski definition) is 4. The van der Waals surface area contributed by atoms with Gasteiger partial charge >= 0.3 is 5.97 Å². The van der Waals surface area contributed by atoms with Crippen LogP contribution < -0.4 is 0 Å². The number of esters is 1. The zero-order chi connectivity index (χ0) is 10.1. The Morgan fingerprint density at radius 1 is 1.46 bits per heavy atom. The van der Waals surface area contributed by atoms with Gasteiger partial charge in [0, 0.05) is 0 Å². The smallest absolute Gasteiger partial charge is 0.337 e. The Balaban J connectivity index is 2.69. The van der Waals surface area contributed by atoms with Gasteiger partial charge in [0.1, 0.15) is 0 Å². The molecule has 76 valence electrons. The third kappa shape index (κ3) is 2.19. The molecule has 0 amide bonds.